The summed E-state index contributed by atoms with van der Waals surface area (Å²) < 4.78 is 0. The van der Waals surface area contributed by atoms with Crippen LogP contribution < -0.4 is 26.2 Å². The van der Waals surface area contributed by atoms with Gasteiger partial charge in [-0.1, -0.05) is 158 Å². The van der Waals surface area contributed by atoms with Crippen molar-refractivity contribution in [3.8, 4) is 0 Å². The van der Waals surface area contributed by atoms with E-state index >= 15 is 0 Å². The van der Waals surface area contributed by atoms with Gasteiger partial charge >= 0.3 is 0 Å². The van der Waals surface area contributed by atoms with Crippen molar-refractivity contribution in [3.05, 3.63) is 158 Å². The van der Waals surface area contributed by atoms with E-state index in [0.717, 1.165) is 6.42 Å². The summed E-state index contributed by atoms with van der Waals surface area (Å²) in [5, 5.41) is 0. The number of aryl methyl sites for hydroxylation is 2. The van der Waals surface area contributed by atoms with E-state index in [4.69, 9.17) is 0 Å². The second-order valence-electron chi connectivity index (χ2n) is 26.8. The smallest absolute Gasteiger partial charge is 0.252 e. The van der Waals surface area contributed by atoms with Crippen molar-refractivity contribution < 1.29 is 0 Å². The lowest BCUT2D eigenvalue weighted by Crippen LogP contribution is -2.62. The van der Waals surface area contributed by atoms with E-state index in [1.807, 2.05) is 0 Å². The normalized spacial score (nSPS) is 20.5. The maximum Gasteiger partial charge on any atom is 0.252 e. The molecule has 3 heteroatoms. The topological polar surface area (TPSA) is 6.48 Å². The first-order chi connectivity index (χ1) is 31.7. The third-order valence-corrected chi connectivity index (χ3v) is 18.8. The summed E-state index contributed by atoms with van der Waals surface area (Å²) >= 11 is 0. The summed E-state index contributed by atoms with van der Waals surface area (Å²) in [6, 6.07) is 39.4. The van der Waals surface area contributed by atoms with E-state index in [0.29, 0.717) is 0 Å². The van der Waals surface area contributed by atoms with Crippen LogP contribution >= 0.6 is 0 Å². The van der Waals surface area contributed by atoms with Crippen LogP contribution in [-0.4, -0.2) is 6.71 Å². The Labute approximate surface area is 411 Å². The average Bonchev–Trinajstić information content (AvgIpc) is 3.44. The molecule has 0 saturated heterocycles. The average molecular weight is 897 g/mol. The van der Waals surface area contributed by atoms with Gasteiger partial charge in [0.15, 0.2) is 0 Å². The molecule has 0 radical (unpaired) electrons. The minimum absolute atomic E-state index is 0.0363. The number of hydrogen-bond donors (Lipinski definition) is 0. The number of anilines is 6. The first-order valence-corrected chi connectivity index (χ1v) is 26.1. The lowest BCUT2D eigenvalue weighted by molar-refractivity contribution is 0.330. The van der Waals surface area contributed by atoms with E-state index in [1.54, 1.807) is 5.56 Å². The summed E-state index contributed by atoms with van der Waals surface area (Å²) in [4.78, 5) is 5.46. The molecule has 0 atom stereocenters. The molecule has 0 fully saturated rings. The van der Waals surface area contributed by atoms with Gasteiger partial charge in [-0.25, -0.2) is 0 Å². The summed E-state index contributed by atoms with van der Waals surface area (Å²) in [7, 11) is 0. The van der Waals surface area contributed by atoms with E-state index in [2.05, 4.69) is 225 Å². The molecule has 6 aromatic rings. The van der Waals surface area contributed by atoms with Gasteiger partial charge in [0.25, 0.3) is 6.71 Å². The van der Waals surface area contributed by atoms with Crippen LogP contribution in [0.15, 0.2) is 97.1 Å². The maximum absolute atomic E-state index is 2.75. The number of nitrogens with zero attached hydrogens (tertiary/aromatic N) is 2. The molecule has 350 valence electrons. The summed E-state index contributed by atoms with van der Waals surface area (Å²) in [5.41, 5.74) is 28.4. The van der Waals surface area contributed by atoms with Gasteiger partial charge in [0, 0.05) is 39.5 Å². The van der Waals surface area contributed by atoms with Crippen LogP contribution in [0.25, 0.3) is 0 Å². The van der Waals surface area contributed by atoms with E-state index in [9.17, 15) is 0 Å². The van der Waals surface area contributed by atoms with Gasteiger partial charge < -0.3 is 9.80 Å². The fourth-order valence-corrected chi connectivity index (χ4v) is 14.7. The highest BCUT2D eigenvalue weighted by molar-refractivity contribution is 7.00. The van der Waals surface area contributed by atoms with Crippen molar-refractivity contribution in [2.45, 2.75) is 188 Å². The molecule has 0 unspecified atom stereocenters. The van der Waals surface area contributed by atoms with Gasteiger partial charge in [-0.3, -0.25) is 0 Å². The molecule has 2 aliphatic heterocycles. The maximum atomic E-state index is 2.75. The molecular weight excluding hydrogens is 820 g/mol. The van der Waals surface area contributed by atoms with Crippen LogP contribution in [0.4, 0.5) is 34.1 Å². The predicted molar refractivity (Wildman–Crippen MR) is 294 cm³/mol. The Morgan fingerprint density at radius 1 is 0.426 bits per heavy atom. The van der Waals surface area contributed by atoms with Gasteiger partial charge in [-0.05, 0) is 199 Å². The lowest BCUT2D eigenvalue weighted by Gasteiger charge is -2.48. The standard InChI is InChI=1S/C65H77BN2/c1-39-31-55-58-56(32-39)68(53-36-48-45(33-40(53)2)63(12,13)38-64(48,14)15)54-37-47-46(60(6,7)27-28-61(47,8)9)35-50(54)66(58)49-34-43(65(16,17)42-21-19-18-20-22-42)23-25-52(49)67(55)51-26-24-44-57(41(51)3)62(10,11)30-29-59(44,4)5/h18-26,31-37H,27-30,38H2,1-17H3. The van der Waals surface area contributed by atoms with E-state index in [-0.39, 0.29) is 44.6 Å². The number of rotatable bonds is 4. The Morgan fingerprint density at radius 3 is 1.56 bits per heavy atom. The zero-order valence-corrected chi connectivity index (χ0v) is 44.7. The van der Waals surface area contributed by atoms with Crippen molar-refractivity contribution in [3.63, 3.8) is 0 Å². The molecule has 0 N–H and O–H groups in total. The third kappa shape index (κ3) is 6.41. The second-order valence-corrected chi connectivity index (χ2v) is 26.8. The molecule has 2 heterocycles. The number of fused-ring (bicyclic) bond motifs is 7. The summed E-state index contributed by atoms with van der Waals surface area (Å²) in [5.74, 6) is 0. The van der Waals surface area contributed by atoms with E-state index < -0.39 is 0 Å². The minimum atomic E-state index is -0.206. The zero-order chi connectivity index (χ0) is 48.6. The molecular formula is C65H77BN2. The third-order valence-electron chi connectivity index (χ3n) is 18.8. The molecule has 0 saturated carbocycles. The van der Waals surface area contributed by atoms with Gasteiger partial charge in [0.2, 0.25) is 0 Å². The Balaban J connectivity index is 1.27. The largest absolute Gasteiger partial charge is 0.311 e. The van der Waals surface area contributed by atoms with Crippen LogP contribution in [0.5, 0.6) is 0 Å². The first-order valence-electron chi connectivity index (χ1n) is 26.1. The Kier molecular flexibility index (Phi) is 9.55. The van der Waals surface area contributed by atoms with Crippen LogP contribution in [0.3, 0.4) is 0 Å². The highest BCUT2D eigenvalue weighted by Crippen LogP contribution is 2.56. The van der Waals surface area contributed by atoms with Gasteiger partial charge in [-0.15, -0.1) is 0 Å². The van der Waals surface area contributed by atoms with Crippen molar-refractivity contribution in [1.82, 2.24) is 0 Å². The monoisotopic (exact) mass is 897 g/mol. The first kappa shape index (κ1) is 45.4. The molecule has 68 heavy (non-hydrogen) atoms. The molecule has 0 amide bonds. The molecule has 3 aliphatic carbocycles. The van der Waals surface area contributed by atoms with Crippen LogP contribution in [0.2, 0.25) is 0 Å². The lowest BCUT2D eigenvalue weighted by atomic mass is 9.33. The van der Waals surface area contributed by atoms with Crippen molar-refractivity contribution in [1.29, 1.82) is 0 Å². The van der Waals surface area contributed by atoms with Crippen LogP contribution in [0.1, 0.15) is 190 Å². The molecule has 0 spiro atoms. The summed E-state index contributed by atoms with van der Waals surface area (Å²) in [6.07, 6.45) is 5.90. The molecule has 5 aliphatic rings. The Morgan fingerprint density at radius 2 is 0.926 bits per heavy atom. The van der Waals surface area contributed by atoms with Crippen molar-refractivity contribution in [2.75, 3.05) is 9.80 Å². The highest BCUT2D eigenvalue weighted by Gasteiger charge is 2.49. The molecule has 0 aromatic heterocycles. The highest BCUT2D eigenvalue weighted by atomic mass is 15.2. The zero-order valence-electron chi connectivity index (χ0n) is 44.7. The molecule has 11 rings (SSSR count). The summed E-state index contributed by atoms with van der Waals surface area (Å²) in [6.45, 7) is 41.8. The number of benzene rings is 6. The van der Waals surface area contributed by atoms with Crippen LogP contribution in [0, 0.1) is 20.8 Å². The fraction of sp³-hybridized carbons (Fsp3) is 0.446. The van der Waals surface area contributed by atoms with Crippen LogP contribution in [-0.2, 0) is 37.9 Å². The molecule has 0 bridgehead atoms. The Hall–Kier alpha value is -5.02. The minimum Gasteiger partial charge on any atom is -0.311 e. The van der Waals surface area contributed by atoms with Crippen molar-refractivity contribution >= 4 is 57.2 Å². The van der Waals surface area contributed by atoms with Gasteiger partial charge in [-0.2, -0.15) is 0 Å². The molecule has 2 nitrogen and oxygen atoms in total. The molecule has 6 aromatic carbocycles. The Bertz CT molecular complexity index is 3120. The quantitative estimate of drug-likeness (QED) is 0.162. The van der Waals surface area contributed by atoms with Crippen molar-refractivity contribution in [2.24, 2.45) is 0 Å². The van der Waals surface area contributed by atoms with Gasteiger partial charge in [0.1, 0.15) is 0 Å². The number of hydrogen-bond acceptors (Lipinski definition) is 2. The van der Waals surface area contributed by atoms with E-state index in [1.165, 1.54) is 132 Å². The second kappa shape index (κ2) is 14.3. The van der Waals surface area contributed by atoms with Gasteiger partial charge in [0.05, 0.1) is 0 Å². The SMILES string of the molecule is Cc1cc2c3c(c1)N(c1ccc4c(c1C)C(C)(C)CCC4(C)C)c1ccc(C(C)(C)c4ccccc4)cc1B3c1cc3c(cc1N2c1cc2c(cc1C)C(C)(C)CC2(C)C)C(C)(C)CCC3(C)C. The fourth-order valence-electron chi connectivity index (χ4n) is 14.7. The predicted octanol–water partition coefficient (Wildman–Crippen LogP) is 15.7.